The minimum Gasteiger partial charge on any atom is -0.344 e. The van der Waals surface area contributed by atoms with E-state index in [1.165, 1.54) is 12.8 Å². The van der Waals surface area contributed by atoms with Gasteiger partial charge in [0.25, 0.3) is 0 Å². The van der Waals surface area contributed by atoms with E-state index in [1.807, 2.05) is 0 Å². The molecule has 4 aliphatic carbocycles. The molecule has 20 heavy (non-hydrogen) atoms. The molecule has 4 rings (SSSR count). The Kier molecular flexibility index (Phi) is 5.82. The van der Waals surface area contributed by atoms with Crippen LogP contribution in [-0.2, 0) is 10.4 Å². The normalized spacial score (nSPS) is 40.0. The summed E-state index contributed by atoms with van der Waals surface area (Å²) in [7, 11) is -4.67. The summed E-state index contributed by atoms with van der Waals surface area (Å²) in [6, 6.07) is 0. The molecule has 4 aliphatic rings. The van der Waals surface area contributed by atoms with Crippen LogP contribution in [0.15, 0.2) is 0 Å². The molecule has 122 valence electrons. The van der Waals surface area contributed by atoms with Gasteiger partial charge in [-0.15, -0.1) is 0 Å². The Hall–Kier alpha value is -0.210. The van der Waals surface area contributed by atoms with Crippen LogP contribution in [0.3, 0.4) is 0 Å². The van der Waals surface area contributed by atoms with E-state index in [0.717, 1.165) is 17.8 Å². The fourth-order valence-electron chi connectivity index (χ4n) is 4.86. The topological polar surface area (TPSA) is 145 Å². The molecule has 8 N–H and O–H groups in total. The average Bonchev–Trinajstić information content (AvgIpc) is 2.10. The summed E-state index contributed by atoms with van der Waals surface area (Å²) in [5.41, 5.74) is 1.34. The largest absolute Gasteiger partial charge is 0.394 e. The molecule has 0 heterocycles. The first-order chi connectivity index (χ1) is 8.01. The molecule has 2 unspecified atom stereocenters. The number of hydrogen-bond acceptors (Lipinski definition) is 4. The van der Waals surface area contributed by atoms with Crippen LogP contribution in [0.4, 0.5) is 0 Å². The summed E-state index contributed by atoms with van der Waals surface area (Å²) >= 11 is 0. The third-order valence-corrected chi connectivity index (χ3v) is 5.96. The first kappa shape index (κ1) is 19.8. The van der Waals surface area contributed by atoms with E-state index in [2.05, 4.69) is 20.8 Å². The van der Waals surface area contributed by atoms with Crippen molar-refractivity contribution in [3.63, 3.8) is 0 Å². The van der Waals surface area contributed by atoms with Gasteiger partial charge in [0.1, 0.15) is 0 Å². The van der Waals surface area contributed by atoms with Crippen LogP contribution in [0.25, 0.3) is 0 Å². The van der Waals surface area contributed by atoms with Crippen molar-refractivity contribution in [2.45, 2.75) is 52.9 Å². The Bertz CT molecular complexity index is 414. The molecule has 4 bridgehead atoms. The van der Waals surface area contributed by atoms with Gasteiger partial charge in [0.15, 0.2) is 0 Å². The first-order valence-electron chi connectivity index (χ1n) is 6.71. The molecule has 6 nitrogen and oxygen atoms in total. The van der Waals surface area contributed by atoms with Crippen molar-refractivity contribution in [3.05, 3.63) is 0 Å². The highest BCUT2D eigenvalue weighted by molar-refractivity contribution is 7.79. The lowest BCUT2D eigenvalue weighted by molar-refractivity contribution is -0.149. The molecule has 0 radical (unpaired) electrons. The molecular weight excluding hydrogens is 280 g/mol. The third kappa shape index (κ3) is 3.71. The average molecular weight is 310 g/mol. The van der Waals surface area contributed by atoms with Crippen LogP contribution in [0.5, 0.6) is 0 Å². The minimum absolute atomic E-state index is 0. The molecular formula is C13H30N2O4S. The van der Waals surface area contributed by atoms with E-state index in [0.29, 0.717) is 10.8 Å². The lowest BCUT2D eigenvalue weighted by Gasteiger charge is -2.65. The maximum atomic E-state index is 8.74. The van der Waals surface area contributed by atoms with Crippen molar-refractivity contribution in [1.82, 2.24) is 12.3 Å². The van der Waals surface area contributed by atoms with Crippen molar-refractivity contribution >= 4 is 10.4 Å². The van der Waals surface area contributed by atoms with E-state index >= 15 is 0 Å². The van der Waals surface area contributed by atoms with Gasteiger partial charge in [-0.2, -0.15) is 8.42 Å². The zero-order chi connectivity index (χ0) is 13.8. The zero-order valence-corrected chi connectivity index (χ0v) is 13.6. The molecule has 2 atom stereocenters. The second-order valence-corrected chi connectivity index (χ2v) is 8.17. The standard InChI is InChI=1S/C13H22.2H3N.H2O4S/c1-12(2)11-5-9-4-10(6-11)8-13(12,3)7-9;;;1-5(2,3)4/h9-11H,4-8H2,1-3H3;2*1H3;(H2,1,2,3,4). The lowest BCUT2D eigenvalue weighted by Crippen LogP contribution is -2.56. The molecule has 0 spiro atoms. The maximum Gasteiger partial charge on any atom is 0.394 e. The molecule has 0 aromatic rings. The van der Waals surface area contributed by atoms with Crippen molar-refractivity contribution in [3.8, 4) is 0 Å². The van der Waals surface area contributed by atoms with Crippen LogP contribution in [-0.4, -0.2) is 17.5 Å². The highest BCUT2D eigenvalue weighted by Crippen LogP contribution is 2.67. The van der Waals surface area contributed by atoms with Gasteiger partial charge in [0.2, 0.25) is 0 Å². The highest BCUT2D eigenvalue weighted by Gasteiger charge is 2.58. The van der Waals surface area contributed by atoms with Gasteiger partial charge in [-0.05, 0) is 60.7 Å². The minimum atomic E-state index is -4.67. The van der Waals surface area contributed by atoms with Crippen LogP contribution >= 0.6 is 0 Å². The van der Waals surface area contributed by atoms with Crippen LogP contribution < -0.4 is 12.3 Å². The van der Waals surface area contributed by atoms with E-state index in [-0.39, 0.29) is 12.3 Å². The van der Waals surface area contributed by atoms with Gasteiger partial charge < -0.3 is 12.3 Å². The smallest absolute Gasteiger partial charge is 0.344 e. The second-order valence-electron chi connectivity index (χ2n) is 7.27. The van der Waals surface area contributed by atoms with Gasteiger partial charge in [0, 0.05) is 0 Å². The SMILES string of the molecule is CC12CC3CC(CC(C3)C1(C)C)C2.N.N.O=S(=O)(O)O. The first-order valence-corrected chi connectivity index (χ1v) is 8.11. The summed E-state index contributed by atoms with van der Waals surface area (Å²) < 4.78 is 31.6. The van der Waals surface area contributed by atoms with Gasteiger partial charge in [-0.3, -0.25) is 9.11 Å². The Morgan fingerprint density at radius 2 is 1.25 bits per heavy atom. The van der Waals surface area contributed by atoms with Crippen molar-refractivity contribution in [1.29, 1.82) is 0 Å². The van der Waals surface area contributed by atoms with Crippen molar-refractivity contribution in [2.24, 2.45) is 28.6 Å². The fourth-order valence-corrected chi connectivity index (χ4v) is 4.86. The van der Waals surface area contributed by atoms with E-state index < -0.39 is 10.4 Å². The molecule has 4 saturated carbocycles. The summed E-state index contributed by atoms with van der Waals surface area (Å²) in [6.45, 7) is 7.64. The van der Waals surface area contributed by atoms with E-state index in [1.54, 1.807) is 19.3 Å². The predicted octanol–water partition coefficient (Wildman–Crippen LogP) is 3.53. The Morgan fingerprint density at radius 3 is 1.55 bits per heavy atom. The summed E-state index contributed by atoms with van der Waals surface area (Å²) in [6.07, 6.45) is 7.75. The predicted molar refractivity (Wildman–Crippen MR) is 79.7 cm³/mol. The number of hydrogen-bond donors (Lipinski definition) is 4. The van der Waals surface area contributed by atoms with Gasteiger partial charge >= 0.3 is 10.4 Å². The van der Waals surface area contributed by atoms with Gasteiger partial charge in [-0.25, -0.2) is 0 Å². The molecule has 0 aromatic carbocycles. The van der Waals surface area contributed by atoms with Crippen LogP contribution in [0.1, 0.15) is 52.9 Å². The van der Waals surface area contributed by atoms with Crippen molar-refractivity contribution in [2.75, 3.05) is 0 Å². The van der Waals surface area contributed by atoms with Gasteiger partial charge in [-0.1, -0.05) is 20.8 Å². The maximum absolute atomic E-state index is 8.74. The van der Waals surface area contributed by atoms with Crippen LogP contribution in [0.2, 0.25) is 0 Å². The molecule has 0 saturated heterocycles. The Morgan fingerprint density at radius 1 is 0.900 bits per heavy atom. The lowest BCUT2D eigenvalue weighted by atomic mass is 9.40. The molecule has 7 heteroatoms. The summed E-state index contributed by atoms with van der Waals surface area (Å²) in [5.74, 6) is 3.27. The fraction of sp³-hybridized carbons (Fsp3) is 1.00. The number of rotatable bonds is 0. The van der Waals surface area contributed by atoms with Crippen LogP contribution in [0, 0.1) is 28.6 Å². The summed E-state index contributed by atoms with van der Waals surface area (Å²) in [5, 5.41) is 0. The second kappa shape index (κ2) is 5.88. The molecule has 0 aliphatic heterocycles. The van der Waals surface area contributed by atoms with Crippen molar-refractivity contribution < 1.29 is 17.5 Å². The monoisotopic (exact) mass is 310 g/mol. The third-order valence-electron chi connectivity index (χ3n) is 5.96. The summed E-state index contributed by atoms with van der Waals surface area (Å²) in [4.78, 5) is 0. The Balaban J connectivity index is 0.000000458. The van der Waals surface area contributed by atoms with Gasteiger partial charge in [0.05, 0.1) is 0 Å². The quantitative estimate of drug-likeness (QED) is 0.503. The molecule has 4 fully saturated rings. The molecule has 0 amide bonds. The molecule has 0 aromatic heterocycles. The Labute approximate surface area is 122 Å². The van der Waals surface area contributed by atoms with E-state index in [4.69, 9.17) is 17.5 Å². The van der Waals surface area contributed by atoms with E-state index in [9.17, 15) is 0 Å². The highest BCUT2D eigenvalue weighted by atomic mass is 32.3. The zero-order valence-electron chi connectivity index (χ0n) is 12.8.